The topological polar surface area (TPSA) is 73.0 Å². The van der Waals surface area contributed by atoms with Crippen LogP contribution in [0.5, 0.6) is 0 Å². The van der Waals surface area contributed by atoms with Crippen LogP contribution in [0.15, 0.2) is 24.3 Å². The molecule has 132 valence electrons. The number of anilines is 1. The number of fused-ring (bicyclic) bond motifs is 1. The maximum atomic E-state index is 12.6. The Morgan fingerprint density at radius 2 is 2.20 bits per heavy atom. The molecule has 1 aromatic heterocycles. The Labute approximate surface area is 151 Å². The first-order chi connectivity index (χ1) is 12.3. The van der Waals surface area contributed by atoms with Gasteiger partial charge in [0, 0.05) is 67.6 Å². The first-order valence-corrected chi connectivity index (χ1v) is 9.92. The van der Waals surface area contributed by atoms with Crippen LogP contribution in [0.25, 0.3) is 0 Å². The maximum absolute atomic E-state index is 12.6. The second-order valence-electron chi connectivity index (χ2n) is 6.50. The summed E-state index contributed by atoms with van der Waals surface area (Å²) >= 11 is 2.02. The van der Waals surface area contributed by atoms with Gasteiger partial charge in [0.05, 0.1) is 0 Å². The molecule has 6 nitrogen and oxygen atoms in total. The molecule has 2 aromatic rings. The van der Waals surface area contributed by atoms with Crippen molar-refractivity contribution < 1.29 is 4.79 Å². The van der Waals surface area contributed by atoms with Crippen molar-refractivity contribution in [2.45, 2.75) is 19.5 Å². The van der Waals surface area contributed by atoms with E-state index >= 15 is 0 Å². The minimum absolute atomic E-state index is 0.146. The van der Waals surface area contributed by atoms with E-state index in [4.69, 9.17) is 0 Å². The SMILES string of the molecule is O=C(Nc1cccc(CN2CCSCC2)c1)c1n[nH]c2c1CNCC2. The number of thioether (sulfide) groups is 1. The number of carbonyl (C=O) groups excluding carboxylic acids is 1. The van der Waals surface area contributed by atoms with Crippen LogP contribution < -0.4 is 10.6 Å². The Morgan fingerprint density at radius 1 is 1.32 bits per heavy atom. The van der Waals surface area contributed by atoms with Gasteiger partial charge in [0.25, 0.3) is 5.91 Å². The molecule has 0 aliphatic carbocycles. The lowest BCUT2D eigenvalue weighted by Crippen LogP contribution is -2.31. The quantitative estimate of drug-likeness (QED) is 0.779. The standard InChI is InChI=1S/C18H23N5OS/c24-18(17-15-11-19-5-4-16(15)21-22-17)20-14-3-1-2-13(10-14)12-23-6-8-25-9-7-23/h1-3,10,19H,4-9,11-12H2,(H,20,24)(H,21,22). The number of carbonyl (C=O) groups is 1. The average Bonchev–Trinajstić information content (AvgIpc) is 3.07. The van der Waals surface area contributed by atoms with Crippen molar-refractivity contribution in [1.29, 1.82) is 0 Å². The number of H-pyrrole nitrogens is 1. The molecule has 4 rings (SSSR count). The zero-order chi connectivity index (χ0) is 17.1. The molecule has 1 fully saturated rings. The molecule has 1 aromatic carbocycles. The first-order valence-electron chi connectivity index (χ1n) is 8.77. The van der Waals surface area contributed by atoms with Crippen LogP contribution in [0.3, 0.4) is 0 Å². The lowest BCUT2D eigenvalue weighted by Gasteiger charge is -2.26. The normalized spacial score (nSPS) is 17.9. The molecule has 1 amide bonds. The number of nitrogens with zero attached hydrogens (tertiary/aromatic N) is 2. The van der Waals surface area contributed by atoms with E-state index in [0.29, 0.717) is 12.2 Å². The Kier molecular flexibility index (Phi) is 5.05. The van der Waals surface area contributed by atoms with E-state index in [9.17, 15) is 4.79 Å². The highest BCUT2D eigenvalue weighted by Crippen LogP contribution is 2.19. The Hall–Kier alpha value is -1.83. The van der Waals surface area contributed by atoms with Gasteiger partial charge < -0.3 is 10.6 Å². The van der Waals surface area contributed by atoms with Crippen molar-refractivity contribution >= 4 is 23.4 Å². The summed E-state index contributed by atoms with van der Waals surface area (Å²) in [6.45, 7) is 4.82. The lowest BCUT2D eigenvalue weighted by atomic mass is 10.1. The van der Waals surface area contributed by atoms with Crippen molar-refractivity contribution in [3.63, 3.8) is 0 Å². The van der Waals surface area contributed by atoms with E-state index in [1.165, 1.54) is 17.1 Å². The molecule has 0 saturated carbocycles. The van der Waals surface area contributed by atoms with Gasteiger partial charge in [0.2, 0.25) is 0 Å². The molecule has 2 aliphatic rings. The Bertz CT molecular complexity index is 754. The molecule has 3 heterocycles. The molecule has 3 N–H and O–H groups in total. The van der Waals surface area contributed by atoms with Gasteiger partial charge in [-0.2, -0.15) is 16.9 Å². The van der Waals surface area contributed by atoms with Gasteiger partial charge in [-0.25, -0.2) is 0 Å². The molecule has 0 atom stereocenters. The Morgan fingerprint density at radius 3 is 3.08 bits per heavy atom. The molecule has 2 aliphatic heterocycles. The van der Waals surface area contributed by atoms with Crippen molar-refractivity contribution in [3.05, 3.63) is 46.8 Å². The number of aromatic amines is 1. The summed E-state index contributed by atoms with van der Waals surface area (Å²) in [6.07, 6.45) is 0.888. The fourth-order valence-corrected chi connectivity index (χ4v) is 4.35. The van der Waals surface area contributed by atoms with E-state index in [1.54, 1.807) is 0 Å². The molecule has 0 radical (unpaired) electrons. The predicted molar refractivity (Wildman–Crippen MR) is 101 cm³/mol. The summed E-state index contributed by atoms with van der Waals surface area (Å²) in [4.78, 5) is 15.1. The van der Waals surface area contributed by atoms with Crippen molar-refractivity contribution in [2.75, 3.05) is 36.5 Å². The van der Waals surface area contributed by atoms with E-state index in [0.717, 1.165) is 49.5 Å². The smallest absolute Gasteiger partial charge is 0.276 e. The first kappa shape index (κ1) is 16.6. The molecule has 25 heavy (non-hydrogen) atoms. The zero-order valence-corrected chi connectivity index (χ0v) is 15.0. The van der Waals surface area contributed by atoms with Crippen LogP contribution in [0.4, 0.5) is 5.69 Å². The zero-order valence-electron chi connectivity index (χ0n) is 14.2. The van der Waals surface area contributed by atoms with Crippen molar-refractivity contribution in [2.24, 2.45) is 0 Å². The minimum atomic E-state index is -0.146. The highest BCUT2D eigenvalue weighted by molar-refractivity contribution is 7.99. The molecule has 0 spiro atoms. The molecule has 0 bridgehead atoms. The third-order valence-corrected chi connectivity index (χ3v) is 5.66. The van der Waals surface area contributed by atoms with Crippen LogP contribution >= 0.6 is 11.8 Å². The van der Waals surface area contributed by atoms with E-state index in [2.05, 4.69) is 37.9 Å². The van der Waals surface area contributed by atoms with Crippen molar-refractivity contribution in [1.82, 2.24) is 20.4 Å². The summed E-state index contributed by atoms with van der Waals surface area (Å²) in [5, 5.41) is 13.5. The van der Waals surface area contributed by atoms with E-state index < -0.39 is 0 Å². The Balaban J connectivity index is 1.44. The summed E-state index contributed by atoms with van der Waals surface area (Å²) in [7, 11) is 0. The molecular formula is C18H23N5OS. The number of hydrogen-bond acceptors (Lipinski definition) is 5. The number of aromatic nitrogens is 2. The number of benzene rings is 1. The molecular weight excluding hydrogens is 334 g/mol. The number of rotatable bonds is 4. The predicted octanol–water partition coefficient (Wildman–Crippen LogP) is 1.86. The number of nitrogens with one attached hydrogen (secondary N) is 3. The number of amides is 1. The van der Waals surface area contributed by atoms with Gasteiger partial charge >= 0.3 is 0 Å². The largest absolute Gasteiger partial charge is 0.321 e. The molecule has 1 saturated heterocycles. The summed E-state index contributed by atoms with van der Waals surface area (Å²) in [5.74, 6) is 2.26. The fourth-order valence-electron chi connectivity index (χ4n) is 3.37. The van der Waals surface area contributed by atoms with Crippen LogP contribution in [0.2, 0.25) is 0 Å². The maximum Gasteiger partial charge on any atom is 0.276 e. The van der Waals surface area contributed by atoms with Crippen molar-refractivity contribution in [3.8, 4) is 0 Å². The van der Waals surface area contributed by atoms with Gasteiger partial charge in [-0.15, -0.1) is 0 Å². The molecule has 7 heteroatoms. The monoisotopic (exact) mass is 357 g/mol. The van der Waals surface area contributed by atoms with Gasteiger partial charge in [-0.1, -0.05) is 12.1 Å². The second-order valence-corrected chi connectivity index (χ2v) is 7.72. The summed E-state index contributed by atoms with van der Waals surface area (Å²) < 4.78 is 0. The van der Waals surface area contributed by atoms with Crippen LogP contribution in [0.1, 0.15) is 27.3 Å². The van der Waals surface area contributed by atoms with Gasteiger partial charge in [0.15, 0.2) is 5.69 Å². The third-order valence-electron chi connectivity index (χ3n) is 4.72. The lowest BCUT2D eigenvalue weighted by molar-refractivity contribution is 0.102. The van der Waals surface area contributed by atoms with Gasteiger partial charge in [0.1, 0.15) is 0 Å². The average molecular weight is 357 g/mol. The number of hydrogen-bond donors (Lipinski definition) is 3. The van der Waals surface area contributed by atoms with Crippen LogP contribution in [-0.4, -0.2) is 52.1 Å². The highest BCUT2D eigenvalue weighted by atomic mass is 32.2. The second kappa shape index (κ2) is 7.59. The molecule has 0 unspecified atom stereocenters. The third kappa shape index (κ3) is 3.89. The van der Waals surface area contributed by atoms with E-state index in [-0.39, 0.29) is 5.91 Å². The van der Waals surface area contributed by atoms with Gasteiger partial charge in [-0.3, -0.25) is 14.8 Å². The summed E-state index contributed by atoms with van der Waals surface area (Å²) in [5.41, 5.74) is 4.62. The van der Waals surface area contributed by atoms with Gasteiger partial charge in [-0.05, 0) is 17.7 Å². The summed E-state index contributed by atoms with van der Waals surface area (Å²) in [6, 6.07) is 8.13. The van der Waals surface area contributed by atoms with Crippen LogP contribution in [0, 0.1) is 0 Å². The van der Waals surface area contributed by atoms with Crippen LogP contribution in [-0.2, 0) is 19.5 Å². The van der Waals surface area contributed by atoms with E-state index in [1.807, 2.05) is 23.9 Å². The fraction of sp³-hybridized carbons (Fsp3) is 0.444. The minimum Gasteiger partial charge on any atom is -0.321 e. The highest BCUT2D eigenvalue weighted by Gasteiger charge is 2.21.